The molecule has 0 N–H and O–H groups in total. The Morgan fingerprint density at radius 3 is 2.24 bits per heavy atom. The molecule has 116 valence electrons. The van der Waals surface area contributed by atoms with Gasteiger partial charge in [0.2, 0.25) is 6.29 Å². The van der Waals surface area contributed by atoms with Crippen LogP contribution in [-0.2, 0) is 4.74 Å². The van der Waals surface area contributed by atoms with Crippen LogP contribution in [0.3, 0.4) is 0 Å². The number of benzene rings is 1. The molecule has 0 radical (unpaired) electrons. The SMILES string of the molecule is C=C(C)c1ccc(OC(OC2CCCCC2)C(C)C)cc1. The smallest absolute Gasteiger partial charge is 0.202 e. The molecule has 0 aromatic heterocycles. The van der Waals surface area contributed by atoms with E-state index < -0.39 is 0 Å². The van der Waals surface area contributed by atoms with Gasteiger partial charge in [-0.05, 0) is 37.5 Å². The summed E-state index contributed by atoms with van der Waals surface area (Å²) in [7, 11) is 0. The molecule has 0 bridgehead atoms. The van der Waals surface area contributed by atoms with E-state index >= 15 is 0 Å². The zero-order valence-corrected chi connectivity index (χ0v) is 13.6. The predicted molar refractivity (Wildman–Crippen MR) is 88.4 cm³/mol. The second-order valence-electron chi connectivity index (χ2n) is 6.43. The molecule has 1 fully saturated rings. The predicted octanol–water partition coefficient (Wildman–Crippen LogP) is 5.43. The molecule has 0 aliphatic heterocycles. The fourth-order valence-corrected chi connectivity index (χ4v) is 2.66. The van der Waals surface area contributed by atoms with E-state index in [9.17, 15) is 0 Å². The Morgan fingerprint density at radius 1 is 1.10 bits per heavy atom. The monoisotopic (exact) mass is 288 g/mol. The molecule has 2 nitrogen and oxygen atoms in total. The number of ether oxygens (including phenoxy) is 2. The molecule has 1 unspecified atom stereocenters. The summed E-state index contributed by atoms with van der Waals surface area (Å²) in [5.41, 5.74) is 2.22. The Balaban J connectivity index is 1.96. The summed E-state index contributed by atoms with van der Waals surface area (Å²) in [4.78, 5) is 0. The molecule has 1 atom stereocenters. The molecule has 2 rings (SSSR count). The molecule has 0 spiro atoms. The van der Waals surface area contributed by atoms with Crippen molar-refractivity contribution in [3.05, 3.63) is 36.4 Å². The van der Waals surface area contributed by atoms with Crippen molar-refractivity contribution in [1.29, 1.82) is 0 Å². The Bertz CT molecular complexity index is 441. The van der Waals surface area contributed by atoms with Gasteiger partial charge >= 0.3 is 0 Å². The molecular weight excluding hydrogens is 260 g/mol. The maximum absolute atomic E-state index is 6.19. The van der Waals surface area contributed by atoms with E-state index in [1.165, 1.54) is 32.1 Å². The van der Waals surface area contributed by atoms with Crippen molar-refractivity contribution in [1.82, 2.24) is 0 Å². The van der Waals surface area contributed by atoms with E-state index in [2.05, 4.69) is 32.6 Å². The Hall–Kier alpha value is -1.28. The van der Waals surface area contributed by atoms with Gasteiger partial charge in [-0.15, -0.1) is 0 Å². The lowest BCUT2D eigenvalue weighted by molar-refractivity contribution is -0.150. The van der Waals surface area contributed by atoms with Gasteiger partial charge in [0, 0.05) is 5.92 Å². The maximum Gasteiger partial charge on any atom is 0.202 e. The van der Waals surface area contributed by atoms with Crippen LogP contribution in [0.15, 0.2) is 30.8 Å². The standard InChI is InChI=1S/C19H28O2/c1-14(2)16-10-12-18(13-11-16)21-19(15(3)4)20-17-8-6-5-7-9-17/h10-13,15,17,19H,1,5-9H2,2-4H3. The highest BCUT2D eigenvalue weighted by molar-refractivity contribution is 5.61. The summed E-state index contributed by atoms with van der Waals surface area (Å²) in [6.07, 6.45) is 6.44. The van der Waals surface area contributed by atoms with Gasteiger partial charge in [0.15, 0.2) is 0 Å². The molecule has 1 saturated carbocycles. The van der Waals surface area contributed by atoms with Crippen molar-refractivity contribution in [2.75, 3.05) is 0 Å². The average Bonchev–Trinajstić information content (AvgIpc) is 2.48. The number of hydrogen-bond acceptors (Lipinski definition) is 2. The minimum absolute atomic E-state index is 0.163. The van der Waals surface area contributed by atoms with Gasteiger partial charge in [-0.1, -0.05) is 57.4 Å². The quantitative estimate of drug-likeness (QED) is 0.650. The highest BCUT2D eigenvalue weighted by Crippen LogP contribution is 2.25. The molecule has 1 aromatic carbocycles. The van der Waals surface area contributed by atoms with Crippen molar-refractivity contribution in [2.45, 2.75) is 65.3 Å². The average molecular weight is 288 g/mol. The number of allylic oxidation sites excluding steroid dienone is 1. The van der Waals surface area contributed by atoms with E-state index in [4.69, 9.17) is 9.47 Å². The molecule has 2 heteroatoms. The first-order valence-corrected chi connectivity index (χ1v) is 8.14. The van der Waals surface area contributed by atoms with Gasteiger partial charge in [-0.2, -0.15) is 0 Å². The zero-order valence-electron chi connectivity index (χ0n) is 13.6. The molecule has 0 heterocycles. The van der Waals surface area contributed by atoms with Gasteiger partial charge in [-0.3, -0.25) is 0 Å². The molecule has 1 aromatic rings. The van der Waals surface area contributed by atoms with Crippen LogP contribution >= 0.6 is 0 Å². The van der Waals surface area contributed by atoms with Crippen LogP contribution < -0.4 is 4.74 Å². The number of hydrogen-bond donors (Lipinski definition) is 0. The summed E-state index contributed by atoms with van der Waals surface area (Å²) >= 11 is 0. The minimum atomic E-state index is -0.163. The summed E-state index contributed by atoms with van der Waals surface area (Å²) < 4.78 is 12.3. The molecular formula is C19H28O2. The molecule has 0 amide bonds. The fraction of sp³-hybridized carbons (Fsp3) is 0.579. The summed E-state index contributed by atoms with van der Waals surface area (Å²) in [5, 5.41) is 0. The second-order valence-corrected chi connectivity index (χ2v) is 6.43. The third-order valence-electron chi connectivity index (χ3n) is 4.02. The van der Waals surface area contributed by atoms with Crippen molar-refractivity contribution in [2.24, 2.45) is 5.92 Å². The van der Waals surface area contributed by atoms with Crippen LogP contribution in [0.4, 0.5) is 0 Å². The molecule has 0 saturated heterocycles. The van der Waals surface area contributed by atoms with E-state index in [1.54, 1.807) is 0 Å². The van der Waals surface area contributed by atoms with Crippen LogP contribution in [0.1, 0.15) is 58.4 Å². The highest BCUT2D eigenvalue weighted by atomic mass is 16.7. The van der Waals surface area contributed by atoms with E-state index in [0.29, 0.717) is 12.0 Å². The van der Waals surface area contributed by atoms with Crippen molar-refractivity contribution < 1.29 is 9.47 Å². The summed E-state index contributed by atoms with van der Waals surface area (Å²) in [6.45, 7) is 10.3. The van der Waals surface area contributed by atoms with Gasteiger partial charge in [0.05, 0.1) is 6.10 Å². The Kier molecular flexibility index (Phi) is 5.86. The van der Waals surface area contributed by atoms with Crippen LogP contribution in [0, 0.1) is 5.92 Å². The highest BCUT2D eigenvalue weighted by Gasteiger charge is 2.23. The lowest BCUT2D eigenvalue weighted by Crippen LogP contribution is -2.32. The first-order chi connectivity index (χ1) is 10.1. The van der Waals surface area contributed by atoms with Crippen LogP contribution in [0.2, 0.25) is 0 Å². The normalized spacial score (nSPS) is 17.7. The lowest BCUT2D eigenvalue weighted by Gasteiger charge is -2.30. The van der Waals surface area contributed by atoms with Crippen LogP contribution in [0.5, 0.6) is 5.75 Å². The molecule has 1 aliphatic rings. The van der Waals surface area contributed by atoms with E-state index in [-0.39, 0.29) is 6.29 Å². The first kappa shape index (κ1) is 16.1. The van der Waals surface area contributed by atoms with Crippen molar-refractivity contribution in [3.63, 3.8) is 0 Å². The summed E-state index contributed by atoms with van der Waals surface area (Å²) in [5.74, 6) is 1.21. The van der Waals surface area contributed by atoms with Gasteiger partial charge < -0.3 is 9.47 Å². The third kappa shape index (κ3) is 4.89. The summed E-state index contributed by atoms with van der Waals surface area (Å²) in [6, 6.07) is 8.11. The Labute approximate surface area is 129 Å². The first-order valence-electron chi connectivity index (χ1n) is 8.14. The largest absolute Gasteiger partial charge is 0.465 e. The third-order valence-corrected chi connectivity index (χ3v) is 4.02. The van der Waals surface area contributed by atoms with Crippen LogP contribution in [-0.4, -0.2) is 12.4 Å². The zero-order chi connectivity index (χ0) is 15.2. The van der Waals surface area contributed by atoms with Gasteiger partial charge in [-0.25, -0.2) is 0 Å². The van der Waals surface area contributed by atoms with E-state index in [0.717, 1.165) is 16.9 Å². The van der Waals surface area contributed by atoms with Crippen molar-refractivity contribution in [3.8, 4) is 5.75 Å². The molecule has 21 heavy (non-hydrogen) atoms. The second kappa shape index (κ2) is 7.65. The van der Waals surface area contributed by atoms with Gasteiger partial charge in [0.25, 0.3) is 0 Å². The topological polar surface area (TPSA) is 18.5 Å². The van der Waals surface area contributed by atoms with Gasteiger partial charge in [0.1, 0.15) is 5.75 Å². The Morgan fingerprint density at radius 2 is 1.71 bits per heavy atom. The van der Waals surface area contributed by atoms with Crippen molar-refractivity contribution >= 4 is 5.57 Å². The van der Waals surface area contributed by atoms with Crippen LogP contribution in [0.25, 0.3) is 5.57 Å². The maximum atomic E-state index is 6.19. The fourth-order valence-electron chi connectivity index (χ4n) is 2.66. The lowest BCUT2D eigenvalue weighted by atomic mass is 9.97. The number of rotatable bonds is 6. The van der Waals surface area contributed by atoms with E-state index in [1.807, 2.05) is 19.1 Å². The molecule has 1 aliphatic carbocycles. The minimum Gasteiger partial charge on any atom is -0.465 e.